The van der Waals surface area contributed by atoms with E-state index in [1.165, 1.54) is 19.4 Å². The Balaban J connectivity index is 2.34. The van der Waals surface area contributed by atoms with Gasteiger partial charge in [-0.1, -0.05) is 0 Å². The number of oxazole rings is 1. The molecule has 96 valence electrons. The van der Waals surface area contributed by atoms with Gasteiger partial charge in [0.05, 0.1) is 24.9 Å². The molecule has 0 fully saturated rings. The maximum atomic E-state index is 13.8. The zero-order valence-corrected chi connectivity index (χ0v) is 10.5. The number of rotatable bonds is 4. The van der Waals surface area contributed by atoms with Gasteiger partial charge in [-0.05, 0) is 26.1 Å². The highest BCUT2D eigenvalue weighted by molar-refractivity contribution is 5.58. The Morgan fingerprint density at radius 3 is 2.83 bits per heavy atom. The summed E-state index contributed by atoms with van der Waals surface area (Å²) in [6.45, 7) is 1.92. The van der Waals surface area contributed by atoms with Crippen molar-refractivity contribution in [3.8, 4) is 17.1 Å². The Morgan fingerprint density at radius 2 is 2.22 bits per heavy atom. The van der Waals surface area contributed by atoms with Crippen molar-refractivity contribution in [2.45, 2.75) is 13.0 Å². The molecule has 5 heteroatoms. The smallest absolute Gasteiger partial charge is 0.211 e. The fourth-order valence-electron chi connectivity index (χ4n) is 1.56. The van der Waals surface area contributed by atoms with Crippen molar-refractivity contribution in [3.63, 3.8) is 0 Å². The maximum absolute atomic E-state index is 13.8. The van der Waals surface area contributed by atoms with Gasteiger partial charge in [0.15, 0.2) is 5.76 Å². The largest absolute Gasteiger partial charge is 0.497 e. The lowest BCUT2D eigenvalue weighted by atomic mass is 10.1. The summed E-state index contributed by atoms with van der Waals surface area (Å²) in [6.07, 6.45) is 1.52. The molecular weight excluding hydrogens is 235 g/mol. The molecule has 18 heavy (non-hydrogen) atoms. The van der Waals surface area contributed by atoms with Gasteiger partial charge in [-0.25, -0.2) is 9.37 Å². The maximum Gasteiger partial charge on any atom is 0.211 e. The van der Waals surface area contributed by atoms with E-state index < -0.39 is 5.82 Å². The Morgan fingerprint density at radius 1 is 1.44 bits per heavy atom. The molecule has 0 radical (unpaired) electrons. The first kappa shape index (κ1) is 12.6. The number of hydrogen-bond acceptors (Lipinski definition) is 4. The zero-order valence-electron chi connectivity index (χ0n) is 10.5. The quantitative estimate of drug-likeness (QED) is 0.906. The molecular formula is C13H15FN2O2. The highest BCUT2D eigenvalue weighted by Gasteiger charge is 2.14. The number of ether oxygens (including phenoxy) is 1. The Bertz CT molecular complexity index is 540. The average molecular weight is 250 g/mol. The highest BCUT2D eigenvalue weighted by atomic mass is 19.1. The molecule has 0 amide bonds. The zero-order chi connectivity index (χ0) is 13.1. The van der Waals surface area contributed by atoms with Crippen LogP contribution in [0.2, 0.25) is 0 Å². The van der Waals surface area contributed by atoms with Crippen LogP contribution in [0.25, 0.3) is 11.3 Å². The standard InChI is InChI=1S/C13H15FN2O2/c1-8(15-2)13-16-7-12(18-13)10-5-4-9(17-3)6-11(10)14/h4-8,15H,1-3H3. The lowest BCUT2D eigenvalue weighted by Crippen LogP contribution is -2.12. The topological polar surface area (TPSA) is 47.3 Å². The minimum atomic E-state index is -0.394. The molecule has 2 aromatic rings. The number of nitrogens with one attached hydrogen (secondary N) is 1. The first-order chi connectivity index (χ1) is 8.65. The summed E-state index contributed by atoms with van der Waals surface area (Å²) >= 11 is 0. The second-order valence-electron chi connectivity index (χ2n) is 3.92. The van der Waals surface area contributed by atoms with Gasteiger partial charge in [-0.3, -0.25) is 0 Å². The summed E-state index contributed by atoms with van der Waals surface area (Å²) in [6, 6.07) is 4.60. The van der Waals surface area contributed by atoms with Crippen molar-refractivity contribution in [1.82, 2.24) is 10.3 Å². The number of hydrogen-bond donors (Lipinski definition) is 1. The predicted octanol–water partition coefficient (Wildman–Crippen LogP) is 2.77. The van der Waals surface area contributed by atoms with Crippen LogP contribution in [0, 0.1) is 5.82 Å². The van der Waals surface area contributed by atoms with Gasteiger partial charge in [0.1, 0.15) is 11.6 Å². The molecule has 1 atom stereocenters. The van der Waals surface area contributed by atoms with Crippen LogP contribution in [0.15, 0.2) is 28.8 Å². The van der Waals surface area contributed by atoms with Crippen molar-refractivity contribution in [1.29, 1.82) is 0 Å². The van der Waals surface area contributed by atoms with Crippen LogP contribution in [0.1, 0.15) is 18.9 Å². The second-order valence-corrected chi connectivity index (χ2v) is 3.92. The van der Waals surface area contributed by atoms with E-state index in [1.807, 2.05) is 14.0 Å². The summed E-state index contributed by atoms with van der Waals surface area (Å²) < 4.78 is 24.3. The minimum absolute atomic E-state index is 0.0138. The van der Waals surface area contributed by atoms with E-state index in [9.17, 15) is 4.39 Å². The molecule has 1 N–H and O–H groups in total. The van der Waals surface area contributed by atoms with Gasteiger partial charge in [-0.15, -0.1) is 0 Å². The molecule has 1 unspecified atom stereocenters. The third-order valence-electron chi connectivity index (χ3n) is 2.77. The summed E-state index contributed by atoms with van der Waals surface area (Å²) in [7, 11) is 3.30. The van der Waals surface area contributed by atoms with Crippen LogP contribution in [-0.2, 0) is 0 Å². The molecule has 0 aliphatic rings. The van der Waals surface area contributed by atoms with Crippen LogP contribution in [-0.4, -0.2) is 19.1 Å². The van der Waals surface area contributed by atoms with Crippen LogP contribution >= 0.6 is 0 Å². The molecule has 1 aromatic carbocycles. The fraction of sp³-hybridized carbons (Fsp3) is 0.308. The van der Waals surface area contributed by atoms with Crippen molar-refractivity contribution in [3.05, 3.63) is 36.1 Å². The summed E-state index contributed by atoms with van der Waals surface area (Å²) in [5, 5.41) is 3.01. The monoisotopic (exact) mass is 250 g/mol. The SMILES string of the molecule is CNC(C)c1ncc(-c2ccc(OC)cc2F)o1. The minimum Gasteiger partial charge on any atom is -0.497 e. The fourth-order valence-corrected chi connectivity index (χ4v) is 1.56. The van der Waals surface area contributed by atoms with Crippen LogP contribution < -0.4 is 10.1 Å². The van der Waals surface area contributed by atoms with Gasteiger partial charge in [0, 0.05) is 6.07 Å². The molecule has 0 aliphatic heterocycles. The lowest BCUT2D eigenvalue weighted by Gasteiger charge is -2.05. The van der Waals surface area contributed by atoms with Crippen LogP contribution in [0.5, 0.6) is 5.75 Å². The molecule has 1 aromatic heterocycles. The van der Waals surface area contributed by atoms with Gasteiger partial charge in [0.25, 0.3) is 0 Å². The van der Waals surface area contributed by atoms with E-state index in [1.54, 1.807) is 12.1 Å². The number of aromatic nitrogens is 1. The van der Waals surface area contributed by atoms with Gasteiger partial charge in [-0.2, -0.15) is 0 Å². The number of halogens is 1. The molecule has 0 saturated carbocycles. The third-order valence-corrected chi connectivity index (χ3v) is 2.77. The van der Waals surface area contributed by atoms with E-state index in [0.29, 0.717) is 23.0 Å². The number of nitrogens with zero attached hydrogens (tertiary/aromatic N) is 1. The van der Waals surface area contributed by atoms with Gasteiger partial charge < -0.3 is 14.5 Å². The molecule has 0 saturated heterocycles. The Labute approximate surface area is 105 Å². The molecule has 4 nitrogen and oxygen atoms in total. The Kier molecular flexibility index (Phi) is 3.62. The first-order valence-electron chi connectivity index (χ1n) is 5.62. The van der Waals surface area contributed by atoms with Crippen molar-refractivity contribution in [2.75, 3.05) is 14.2 Å². The van der Waals surface area contributed by atoms with Gasteiger partial charge in [0.2, 0.25) is 5.89 Å². The highest BCUT2D eigenvalue weighted by Crippen LogP contribution is 2.27. The number of benzene rings is 1. The molecule has 1 heterocycles. The molecule has 0 aliphatic carbocycles. The van der Waals surface area contributed by atoms with E-state index in [4.69, 9.17) is 9.15 Å². The average Bonchev–Trinajstić information content (AvgIpc) is 2.87. The van der Waals surface area contributed by atoms with E-state index in [2.05, 4.69) is 10.3 Å². The molecule has 2 rings (SSSR count). The van der Waals surface area contributed by atoms with E-state index in [0.717, 1.165) is 0 Å². The predicted molar refractivity (Wildman–Crippen MR) is 65.9 cm³/mol. The van der Waals surface area contributed by atoms with E-state index >= 15 is 0 Å². The van der Waals surface area contributed by atoms with E-state index in [-0.39, 0.29) is 6.04 Å². The Hall–Kier alpha value is -1.88. The summed E-state index contributed by atoms with van der Waals surface area (Å²) in [5.41, 5.74) is 0.373. The van der Waals surface area contributed by atoms with Crippen LogP contribution in [0.3, 0.4) is 0 Å². The van der Waals surface area contributed by atoms with Crippen LogP contribution in [0.4, 0.5) is 4.39 Å². The third kappa shape index (κ3) is 2.36. The summed E-state index contributed by atoms with van der Waals surface area (Å²) in [4.78, 5) is 4.12. The summed E-state index contributed by atoms with van der Waals surface area (Å²) in [5.74, 6) is 1.02. The molecule has 0 spiro atoms. The normalized spacial score (nSPS) is 12.4. The van der Waals surface area contributed by atoms with Crippen molar-refractivity contribution >= 4 is 0 Å². The van der Waals surface area contributed by atoms with Crippen molar-refractivity contribution in [2.24, 2.45) is 0 Å². The van der Waals surface area contributed by atoms with Gasteiger partial charge >= 0.3 is 0 Å². The lowest BCUT2D eigenvalue weighted by molar-refractivity contribution is 0.411. The van der Waals surface area contributed by atoms with Crippen molar-refractivity contribution < 1.29 is 13.5 Å². The first-order valence-corrected chi connectivity index (χ1v) is 5.62. The number of methoxy groups -OCH3 is 1. The second kappa shape index (κ2) is 5.18. The molecule has 0 bridgehead atoms.